The summed E-state index contributed by atoms with van der Waals surface area (Å²) in [6.45, 7) is 4.82. The molecule has 2 heterocycles. The van der Waals surface area contributed by atoms with Crippen molar-refractivity contribution in [2.45, 2.75) is 32.5 Å². The lowest BCUT2D eigenvalue weighted by atomic mass is 10.1. The fourth-order valence-corrected chi connectivity index (χ4v) is 2.00. The van der Waals surface area contributed by atoms with Crippen molar-refractivity contribution in [3.63, 3.8) is 0 Å². The minimum absolute atomic E-state index is 0.0211. The monoisotopic (exact) mass is 298 g/mol. The normalized spacial score (nSPS) is 13.4. The van der Waals surface area contributed by atoms with Crippen molar-refractivity contribution >= 4 is 0 Å². The number of nitrogens with one attached hydrogen (secondary N) is 1. The lowest BCUT2D eigenvalue weighted by Crippen LogP contribution is -2.21. The molecular weight excluding hydrogens is 281 g/mol. The van der Waals surface area contributed by atoms with Gasteiger partial charge in [0.1, 0.15) is 0 Å². The van der Waals surface area contributed by atoms with E-state index in [1.165, 1.54) is 10.9 Å². The van der Waals surface area contributed by atoms with Crippen LogP contribution in [-0.2, 0) is 6.18 Å². The Morgan fingerprint density at radius 3 is 2.71 bits per heavy atom. The molecule has 0 aliphatic heterocycles. The number of rotatable bonds is 5. The topological polar surface area (TPSA) is 42.7 Å². The van der Waals surface area contributed by atoms with E-state index in [0.717, 1.165) is 24.6 Å². The molecule has 0 saturated heterocycles. The van der Waals surface area contributed by atoms with Crippen molar-refractivity contribution in [1.29, 1.82) is 0 Å². The second kappa shape index (κ2) is 6.26. The van der Waals surface area contributed by atoms with Crippen molar-refractivity contribution in [2.24, 2.45) is 0 Å². The van der Waals surface area contributed by atoms with Gasteiger partial charge in [0, 0.05) is 24.0 Å². The zero-order valence-electron chi connectivity index (χ0n) is 11.9. The molecule has 114 valence electrons. The molecular formula is C14H17F3N4. The summed E-state index contributed by atoms with van der Waals surface area (Å²) >= 11 is 0. The van der Waals surface area contributed by atoms with Crippen molar-refractivity contribution in [3.05, 3.63) is 41.9 Å². The Hall–Kier alpha value is -1.89. The van der Waals surface area contributed by atoms with E-state index in [4.69, 9.17) is 0 Å². The average Bonchev–Trinajstić information content (AvgIpc) is 2.94. The molecule has 0 saturated carbocycles. The Kier molecular flexibility index (Phi) is 4.62. The Morgan fingerprint density at radius 2 is 2.10 bits per heavy atom. The van der Waals surface area contributed by atoms with Gasteiger partial charge in [-0.05, 0) is 32.0 Å². The maximum Gasteiger partial charge on any atom is 0.435 e. The van der Waals surface area contributed by atoms with Crippen LogP contribution in [0.5, 0.6) is 0 Å². The molecule has 0 fully saturated rings. The lowest BCUT2D eigenvalue weighted by molar-refractivity contribution is -0.141. The molecule has 1 atom stereocenters. The van der Waals surface area contributed by atoms with Crippen LogP contribution in [0.15, 0.2) is 30.6 Å². The van der Waals surface area contributed by atoms with Crippen LogP contribution in [0.4, 0.5) is 13.2 Å². The first-order valence-corrected chi connectivity index (χ1v) is 6.75. The number of nitrogens with zero attached hydrogens (tertiary/aromatic N) is 3. The maximum absolute atomic E-state index is 12.6. The van der Waals surface area contributed by atoms with Gasteiger partial charge in [0.05, 0.1) is 0 Å². The van der Waals surface area contributed by atoms with Crippen LogP contribution in [0.1, 0.15) is 37.6 Å². The minimum atomic E-state index is -4.45. The number of pyridine rings is 1. The molecule has 0 aliphatic rings. The molecule has 1 N–H and O–H groups in total. The number of hydrogen-bond donors (Lipinski definition) is 1. The number of halogens is 3. The molecule has 0 amide bonds. The molecule has 0 aliphatic carbocycles. The summed E-state index contributed by atoms with van der Waals surface area (Å²) in [5.74, 6) is 0.407. The molecule has 0 bridgehead atoms. The second-order valence-corrected chi connectivity index (χ2v) is 4.74. The zero-order valence-corrected chi connectivity index (χ0v) is 11.9. The quantitative estimate of drug-likeness (QED) is 0.920. The minimum Gasteiger partial charge on any atom is -0.310 e. The van der Waals surface area contributed by atoms with E-state index in [0.29, 0.717) is 5.82 Å². The highest BCUT2D eigenvalue weighted by Crippen LogP contribution is 2.28. The van der Waals surface area contributed by atoms with E-state index in [9.17, 15) is 13.2 Å². The molecule has 0 spiro atoms. The fraction of sp³-hybridized carbons (Fsp3) is 0.429. The first kappa shape index (κ1) is 15.5. The van der Waals surface area contributed by atoms with Crippen molar-refractivity contribution in [3.8, 4) is 5.82 Å². The third kappa shape index (κ3) is 3.60. The molecule has 7 heteroatoms. The summed E-state index contributed by atoms with van der Waals surface area (Å²) in [4.78, 5) is 4.17. The summed E-state index contributed by atoms with van der Waals surface area (Å²) in [6, 6.07) is 4.52. The molecule has 21 heavy (non-hydrogen) atoms. The molecule has 0 radical (unpaired) electrons. The van der Waals surface area contributed by atoms with Gasteiger partial charge < -0.3 is 5.32 Å². The van der Waals surface area contributed by atoms with Gasteiger partial charge >= 0.3 is 6.18 Å². The van der Waals surface area contributed by atoms with Gasteiger partial charge in [0.25, 0.3) is 0 Å². The zero-order chi connectivity index (χ0) is 15.5. The Morgan fingerprint density at radius 1 is 1.33 bits per heavy atom. The highest BCUT2D eigenvalue weighted by Gasteiger charge is 2.34. The Labute approximate surface area is 121 Å². The predicted octanol–water partition coefficient (Wildman–Crippen LogP) is 3.35. The highest BCUT2D eigenvalue weighted by molar-refractivity contribution is 5.35. The standard InChI is InChI=1S/C14H17F3N4/c1-3-7-18-10(2)11-5-4-8-19-13(11)21-9-6-12(20-21)14(15,16)17/h4-6,8-10,18H,3,7H2,1-2H3. The lowest BCUT2D eigenvalue weighted by Gasteiger charge is -2.16. The first-order valence-electron chi connectivity index (χ1n) is 6.75. The fourth-order valence-electron chi connectivity index (χ4n) is 2.00. The van der Waals surface area contributed by atoms with Crippen LogP contribution in [0, 0.1) is 0 Å². The number of aromatic nitrogens is 3. The predicted molar refractivity (Wildman–Crippen MR) is 73.1 cm³/mol. The van der Waals surface area contributed by atoms with Gasteiger partial charge in [0.2, 0.25) is 0 Å². The van der Waals surface area contributed by atoms with Crippen LogP contribution < -0.4 is 5.32 Å². The third-order valence-electron chi connectivity index (χ3n) is 3.08. The van der Waals surface area contributed by atoms with E-state index in [1.807, 2.05) is 19.9 Å². The Balaban J connectivity index is 2.34. The number of alkyl halides is 3. The van der Waals surface area contributed by atoms with Crippen LogP contribution >= 0.6 is 0 Å². The summed E-state index contributed by atoms with van der Waals surface area (Å²) in [5, 5.41) is 6.87. The van der Waals surface area contributed by atoms with Crippen LogP contribution in [0.3, 0.4) is 0 Å². The summed E-state index contributed by atoms with van der Waals surface area (Å²) < 4.78 is 39.1. The average molecular weight is 298 g/mol. The van der Waals surface area contributed by atoms with Gasteiger partial charge in [-0.2, -0.15) is 18.3 Å². The van der Waals surface area contributed by atoms with Crippen molar-refractivity contribution in [1.82, 2.24) is 20.1 Å². The van der Waals surface area contributed by atoms with Crippen molar-refractivity contribution in [2.75, 3.05) is 6.54 Å². The summed E-state index contributed by atoms with van der Waals surface area (Å²) in [5.41, 5.74) is -0.115. The highest BCUT2D eigenvalue weighted by atomic mass is 19.4. The van der Waals surface area contributed by atoms with E-state index < -0.39 is 11.9 Å². The smallest absolute Gasteiger partial charge is 0.310 e. The summed E-state index contributed by atoms with van der Waals surface area (Å²) in [7, 11) is 0. The second-order valence-electron chi connectivity index (χ2n) is 4.74. The van der Waals surface area contributed by atoms with Crippen LogP contribution in [0.2, 0.25) is 0 Å². The molecule has 0 aromatic carbocycles. The first-order chi connectivity index (χ1) is 9.93. The number of hydrogen-bond acceptors (Lipinski definition) is 3. The van der Waals surface area contributed by atoms with Gasteiger partial charge in [-0.3, -0.25) is 0 Å². The summed E-state index contributed by atoms with van der Waals surface area (Å²) in [6.07, 6.45) is -0.659. The maximum atomic E-state index is 12.6. The molecule has 2 aromatic heterocycles. The van der Waals surface area contributed by atoms with Gasteiger partial charge in [0.15, 0.2) is 11.5 Å². The van der Waals surface area contributed by atoms with Gasteiger partial charge in [-0.25, -0.2) is 9.67 Å². The van der Waals surface area contributed by atoms with E-state index >= 15 is 0 Å². The van der Waals surface area contributed by atoms with Gasteiger partial charge in [-0.1, -0.05) is 13.0 Å². The third-order valence-corrected chi connectivity index (χ3v) is 3.08. The van der Waals surface area contributed by atoms with E-state index in [-0.39, 0.29) is 6.04 Å². The molecule has 2 rings (SSSR count). The largest absolute Gasteiger partial charge is 0.435 e. The molecule has 2 aromatic rings. The van der Waals surface area contributed by atoms with Gasteiger partial charge in [-0.15, -0.1) is 0 Å². The van der Waals surface area contributed by atoms with Crippen LogP contribution in [0.25, 0.3) is 5.82 Å². The van der Waals surface area contributed by atoms with E-state index in [1.54, 1.807) is 12.3 Å². The molecule has 4 nitrogen and oxygen atoms in total. The van der Waals surface area contributed by atoms with Crippen molar-refractivity contribution < 1.29 is 13.2 Å². The Bertz CT molecular complexity index is 592. The van der Waals surface area contributed by atoms with Crippen LogP contribution in [-0.4, -0.2) is 21.3 Å². The molecule has 1 unspecified atom stereocenters. The SMILES string of the molecule is CCCNC(C)c1cccnc1-n1ccc(C(F)(F)F)n1. The van der Waals surface area contributed by atoms with E-state index in [2.05, 4.69) is 15.4 Å².